The first-order valence-corrected chi connectivity index (χ1v) is 7.10. The SMILES string of the molecule is CC(Cn1ccc2c1CCCC2=O)N(C)C1CC1. The van der Waals surface area contributed by atoms with Gasteiger partial charge in [0.15, 0.2) is 5.78 Å². The van der Waals surface area contributed by atoms with E-state index < -0.39 is 0 Å². The van der Waals surface area contributed by atoms with E-state index in [4.69, 9.17) is 0 Å². The molecule has 2 aliphatic rings. The molecule has 0 spiro atoms. The zero-order chi connectivity index (χ0) is 12.7. The number of fused-ring (bicyclic) bond motifs is 1. The van der Waals surface area contributed by atoms with Crippen molar-refractivity contribution in [2.75, 3.05) is 7.05 Å². The summed E-state index contributed by atoms with van der Waals surface area (Å²) in [6.45, 7) is 3.30. The fourth-order valence-electron chi connectivity index (χ4n) is 3.01. The van der Waals surface area contributed by atoms with Crippen LogP contribution in [0.25, 0.3) is 0 Å². The highest BCUT2D eigenvalue weighted by Crippen LogP contribution is 2.28. The van der Waals surface area contributed by atoms with Gasteiger partial charge in [0.1, 0.15) is 0 Å². The molecule has 0 N–H and O–H groups in total. The van der Waals surface area contributed by atoms with Crippen LogP contribution in [0.4, 0.5) is 0 Å². The number of likely N-dealkylation sites (N-methyl/N-ethyl adjacent to an activating group) is 1. The highest BCUT2D eigenvalue weighted by molar-refractivity contribution is 5.98. The Labute approximate surface area is 109 Å². The molecule has 0 aromatic carbocycles. The Morgan fingerprint density at radius 3 is 2.94 bits per heavy atom. The lowest BCUT2D eigenvalue weighted by Gasteiger charge is -2.26. The summed E-state index contributed by atoms with van der Waals surface area (Å²) in [7, 11) is 2.23. The van der Waals surface area contributed by atoms with Crippen LogP contribution in [0.1, 0.15) is 48.7 Å². The molecule has 0 aliphatic heterocycles. The lowest BCUT2D eigenvalue weighted by Crippen LogP contribution is -2.34. The second-order valence-electron chi connectivity index (χ2n) is 5.85. The summed E-state index contributed by atoms with van der Waals surface area (Å²) in [6.07, 6.45) is 7.61. The average Bonchev–Trinajstić information content (AvgIpc) is 3.12. The molecule has 1 unspecified atom stereocenters. The molecular weight excluding hydrogens is 224 g/mol. The number of aromatic nitrogens is 1. The summed E-state index contributed by atoms with van der Waals surface area (Å²) in [5.41, 5.74) is 2.24. The maximum absolute atomic E-state index is 11.8. The van der Waals surface area contributed by atoms with Gasteiger partial charge in [-0.25, -0.2) is 0 Å². The molecule has 1 atom stereocenters. The van der Waals surface area contributed by atoms with Gasteiger partial charge >= 0.3 is 0 Å². The first kappa shape index (κ1) is 12.0. The van der Waals surface area contributed by atoms with E-state index in [0.29, 0.717) is 11.8 Å². The van der Waals surface area contributed by atoms with Crippen molar-refractivity contribution in [2.45, 2.75) is 57.7 Å². The first-order chi connectivity index (χ1) is 8.66. The van der Waals surface area contributed by atoms with E-state index in [1.54, 1.807) is 0 Å². The van der Waals surface area contributed by atoms with E-state index in [2.05, 4.69) is 29.6 Å². The van der Waals surface area contributed by atoms with Crippen LogP contribution >= 0.6 is 0 Å². The molecule has 3 heteroatoms. The third kappa shape index (κ3) is 2.12. The van der Waals surface area contributed by atoms with Crippen LogP contribution in [0, 0.1) is 0 Å². The van der Waals surface area contributed by atoms with Crippen molar-refractivity contribution in [1.82, 2.24) is 9.47 Å². The third-order valence-corrected chi connectivity index (χ3v) is 4.48. The minimum Gasteiger partial charge on any atom is -0.349 e. The zero-order valence-electron chi connectivity index (χ0n) is 11.4. The number of hydrogen-bond acceptors (Lipinski definition) is 2. The van der Waals surface area contributed by atoms with E-state index in [-0.39, 0.29) is 0 Å². The largest absolute Gasteiger partial charge is 0.349 e. The van der Waals surface area contributed by atoms with Gasteiger partial charge in [0.05, 0.1) is 0 Å². The van der Waals surface area contributed by atoms with Crippen molar-refractivity contribution in [3.05, 3.63) is 23.5 Å². The Morgan fingerprint density at radius 1 is 1.44 bits per heavy atom. The molecular formula is C15H22N2O. The molecule has 0 bridgehead atoms. The molecule has 18 heavy (non-hydrogen) atoms. The molecule has 0 radical (unpaired) electrons. The van der Waals surface area contributed by atoms with E-state index in [1.165, 1.54) is 18.5 Å². The zero-order valence-corrected chi connectivity index (χ0v) is 11.4. The number of ketones is 1. The van der Waals surface area contributed by atoms with E-state index >= 15 is 0 Å². The Morgan fingerprint density at radius 2 is 2.22 bits per heavy atom. The molecule has 1 fully saturated rings. The molecule has 3 rings (SSSR count). The van der Waals surface area contributed by atoms with Crippen molar-refractivity contribution in [3.63, 3.8) is 0 Å². The van der Waals surface area contributed by atoms with Crippen molar-refractivity contribution in [2.24, 2.45) is 0 Å². The highest BCUT2D eigenvalue weighted by atomic mass is 16.1. The quantitative estimate of drug-likeness (QED) is 0.815. The van der Waals surface area contributed by atoms with Crippen LogP contribution < -0.4 is 0 Å². The molecule has 1 saturated carbocycles. The Balaban J connectivity index is 1.74. The van der Waals surface area contributed by atoms with Gasteiger partial charge in [0, 0.05) is 42.5 Å². The second kappa shape index (κ2) is 4.54. The molecule has 1 aromatic heterocycles. The molecule has 3 nitrogen and oxygen atoms in total. The fourth-order valence-corrected chi connectivity index (χ4v) is 3.01. The van der Waals surface area contributed by atoms with Crippen LogP contribution in [0.2, 0.25) is 0 Å². The summed E-state index contributed by atoms with van der Waals surface area (Å²) in [4.78, 5) is 14.3. The van der Waals surface area contributed by atoms with Gasteiger partial charge in [-0.15, -0.1) is 0 Å². The van der Waals surface area contributed by atoms with Crippen LogP contribution in [-0.2, 0) is 13.0 Å². The molecule has 0 amide bonds. The van der Waals surface area contributed by atoms with Gasteiger partial charge in [-0.2, -0.15) is 0 Å². The van der Waals surface area contributed by atoms with Crippen LogP contribution in [-0.4, -0.2) is 34.4 Å². The van der Waals surface area contributed by atoms with Crippen LogP contribution in [0.5, 0.6) is 0 Å². The summed E-state index contributed by atoms with van der Waals surface area (Å²) in [6, 6.07) is 3.36. The Hall–Kier alpha value is -1.09. The van der Waals surface area contributed by atoms with Crippen molar-refractivity contribution in [3.8, 4) is 0 Å². The number of hydrogen-bond donors (Lipinski definition) is 0. The standard InChI is InChI=1S/C15H22N2O/c1-11(16(2)12-6-7-12)10-17-9-8-13-14(17)4-3-5-15(13)18/h8-9,11-12H,3-7,10H2,1-2H3. The summed E-state index contributed by atoms with van der Waals surface area (Å²) >= 11 is 0. The lowest BCUT2D eigenvalue weighted by atomic mass is 9.97. The topological polar surface area (TPSA) is 25.2 Å². The van der Waals surface area contributed by atoms with Crippen LogP contribution in [0.15, 0.2) is 12.3 Å². The number of carbonyl (C=O) groups excluding carboxylic acids is 1. The summed E-state index contributed by atoms with van der Waals surface area (Å²) in [5, 5.41) is 0. The predicted octanol–water partition coefficient (Wildman–Crippen LogP) is 2.49. The minimum absolute atomic E-state index is 0.332. The summed E-state index contributed by atoms with van der Waals surface area (Å²) in [5.74, 6) is 0.332. The monoisotopic (exact) mass is 246 g/mol. The number of Topliss-reactive ketones (excluding diaryl/α,β-unsaturated/α-hetero) is 1. The Bertz CT molecular complexity index is 459. The van der Waals surface area contributed by atoms with Gasteiger partial charge in [-0.3, -0.25) is 9.69 Å². The molecule has 0 saturated heterocycles. The van der Waals surface area contributed by atoms with Gasteiger partial charge in [-0.05, 0) is 45.7 Å². The maximum atomic E-state index is 11.8. The molecule has 1 heterocycles. The Kier molecular flexibility index (Phi) is 3.02. The molecule has 2 aliphatic carbocycles. The van der Waals surface area contributed by atoms with E-state index in [0.717, 1.165) is 37.4 Å². The van der Waals surface area contributed by atoms with Gasteiger partial charge < -0.3 is 4.57 Å². The second-order valence-corrected chi connectivity index (χ2v) is 5.85. The molecule has 98 valence electrons. The number of carbonyl (C=O) groups is 1. The normalized spacial score (nSPS) is 21.2. The van der Waals surface area contributed by atoms with E-state index in [1.807, 2.05) is 6.07 Å². The molecule has 1 aromatic rings. The minimum atomic E-state index is 0.332. The van der Waals surface area contributed by atoms with Crippen molar-refractivity contribution < 1.29 is 4.79 Å². The smallest absolute Gasteiger partial charge is 0.164 e. The van der Waals surface area contributed by atoms with Gasteiger partial charge in [0.2, 0.25) is 0 Å². The third-order valence-electron chi connectivity index (χ3n) is 4.48. The number of rotatable bonds is 4. The van der Waals surface area contributed by atoms with Gasteiger partial charge in [0.25, 0.3) is 0 Å². The number of nitrogens with zero attached hydrogens (tertiary/aromatic N) is 2. The van der Waals surface area contributed by atoms with Gasteiger partial charge in [-0.1, -0.05) is 0 Å². The fraction of sp³-hybridized carbons (Fsp3) is 0.667. The lowest BCUT2D eigenvalue weighted by molar-refractivity contribution is 0.0971. The average molecular weight is 246 g/mol. The van der Waals surface area contributed by atoms with Crippen LogP contribution in [0.3, 0.4) is 0 Å². The van der Waals surface area contributed by atoms with Crippen molar-refractivity contribution in [1.29, 1.82) is 0 Å². The predicted molar refractivity (Wildman–Crippen MR) is 71.9 cm³/mol. The van der Waals surface area contributed by atoms with E-state index in [9.17, 15) is 4.79 Å². The summed E-state index contributed by atoms with van der Waals surface area (Å²) < 4.78 is 2.30. The first-order valence-electron chi connectivity index (χ1n) is 7.10. The van der Waals surface area contributed by atoms with Crippen molar-refractivity contribution >= 4 is 5.78 Å². The maximum Gasteiger partial charge on any atom is 0.164 e. The highest BCUT2D eigenvalue weighted by Gasteiger charge is 2.29.